The maximum atomic E-state index is 11.0. The number of nitrogens with one attached hydrogen (secondary N) is 1. The van der Waals surface area contributed by atoms with Crippen LogP contribution >= 0.6 is 0 Å². The Morgan fingerprint density at radius 3 is 2.76 bits per heavy atom. The first-order chi connectivity index (χ1) is 7.90. The van der Waals surface area contributed by atoms with Crippen LogP contribution < -0.4 is 5.32 Å². The molecule has 0 saturated heterocycles. The lowest BCUT2D eigenvalue weighted by Crippen LogP contribution is -2.23. The minimum Gasteiger partial charge on any atom is -0.361 e. The van der Waals surface area contributed by atoms with E-state index >= 15 is 0 Å². The molecular formula is C10H15N3O3S. The molecule has 0 aliphatic heterocycles. The van der Waals surface area contributed by atoms with E-state index in [9.17, 15) is 14.3 Å². The van der Waals surface area contributed by atoms with Crippen molar-refractivity contribution in [3.05, 3.63) is 27.9 Å². The number of aryl methyl sites for hydroxylation is 1. The van der Waals surface area contributed by atoms with Gasteiger partial charge in [-0.15, -0.1) is 0 Å². The predicted molar refractivity (Wildman–Crippen MR) is 67.6 cm³/mol. The summed E-state index contributed by atoms with van der Waals surface area (Å²) in [7, 11) is -0.952. The zero-order valence-corrected chi connectivity index (χ0v) is 10.8. The van der Waals surface area contributed by atoms with E-state index in [1.54, 1.807) is 19.2 Å². The van der Waals surface area contributed by atoms with E-state index in [1.807, 2.05) is 6.92 Å². The molecule has 2 atom stereocenters. The molecule has 1 aromatic heterocycles. The summed E-state index contributed by atoms with van der Waals surface area (Å²) in [4.78, 5) is 14.4. The molecule has 0 amide bonds. The van der Waals surface area contributed by atoms with Gasteiger partial charge >= 0.3 is 5.69 Å². The van der Waals surface area contributed by atoms with Gasteiger partial charge in [0.25, 0.3) is 0 Å². The number of pyridine rings is 1. The molecule has 0 radical (unpaired) electrons. The third-order valence-corrected chi connectivity index (χ3v) is 3.05. The third-order valence-electron chi connectivity index (χ3n) is 2.08. The number of anilines is 1. The molecule has 0 fully saturated rings. The number of nitro groups is 1. The van der Waals surface area contributed by atoms with Gasteiger partial charge in [-0.25, -0.2) is 4.98 Å². The van der Waals surface area contributed by atoms with Gasteiger partial charge in [-0.3, -0.25) is 14.3 Å². The zero-order valence-electron chi connectivity index (χ0n) is 9.97. The summed E-state index contributed by atoms with van der Waals surface area (Å²) in [6.07, 6.45) is 1.59. The summed E-state index contributed by atoms with van der Waals surface area (Å²) in [6.45, 7) is 3.58. The van der Waals surface area contributed by atoms with Crippen molar-refractivity contribution in [1.82, 2.24) is 4.98 Å². The van der Waals surface area contributed by atoms with Gasteiger partial charge in [-0.2, -0.15) is 0 Å². The van der Waals surface area contributed by atoms with Crippen LogP contribution in [0.3, 0.4) is 0 Å². The van der Waals surface area contributed by atoms with Crippen LogP contribution in [0.1, 0.15) is 12.6 Å². The number of nitrogens with zero attached hydrogens (tertiary/aromatic N) is 2. The predicted octanol–water partition coefficient (Wildman–Crippen LogP) is 1.48. The van der Waals surface area contributed by atoms with Gasteiger partial charge in [0.2, 0.25) is 5.82 Å². The molecule has 0 aliphatic rings. The highest BCUT2D eigenvalue weighted by atomic mass is 32.2. The first-order valence-corrected chi connectivity index (χ1v) is 6.81. The average Bonchev–Trinajstić information content (AvgIpc) is 2.15. The average molecular weight is 257 g/mol. The largest absolute Gasteiger partial charge is 0.361 e. The molecule has 6 nitrogen and oxygen atoms in total. The summed E-state index contributed by atoms with van der Waals surface area (Å²) in [5.74, 6) is 0.653. The number of aromatic nitrogens is 1. The molecule has 1 rings (SSSR count). The summed E-state index contributed by atoms with van der Waals surface area (Å²) < 4.78 is 11.0. The van der Waals surface area contributed by atoms with Gasteiger partial charge in [0.15, 0.2) is 0 Å². The fourth-order valence-electron chi connectivity index (χ4n) is 1.43. The second-order valence-corrected chi connectivity index (χ2v) is 5.34. The highest BCUT2D eigenvalue weighted by Gasteiger charge is 2.17. The van der Waals surface area contributed by atoms with Crippen LogP contribution in [0.5, 0.6) is 0 Å². The molecule has 7 heteroatoms. The van der Waals surface area contributed by atoms with E-state index in [1.165, 1.54) is 6.07 Å². The maximum absolute atomic E-state index is 11.0. The summed E-state index contributed by atoms with van der Waals surface area (Å²) in [6, 6.07) is 2.88. The lowest BCUT2D eigenvalue weighted by atomic mass is 10.3. The van der Waals surface area contributed by atoms with Crippen molar-refractivity contribution in [1.29, 1.82) is 0 Å². The molecule has 0 spiro atoms. The van der Waals surface area contributed by atoms with E-state index < -0.39 is 15.7 Å². The van der Waals surface area contributed by atoms with E-state index in [-0.39, 0.29) is 17.5 Å². The van der Waals surface area contributed by atoms with Crippen molar-refractivity contribution in [2.45, 2.75) is 19.9 Å². The van der Waals surface area contributed by atoms with Crippen molar-refractivity contribution in [2.75, 3.05) is 17.3 Å². The molecule has 1 N–H and O–H groups in total. The molecule has 0 bridgehead atoms. The Kier molecular flexibility index (Phi) is 4.56. The van der Waals surface area contributed by atoms with Crippen molar-refractivity contribution in [2.24, 2.45) is 0 Å². The van der Waals surface area contributed by atoms with Crippen molar-refractivity contribution in [3.63, 3.8) is 0 Å². The van der Waals surface area contributed by atoms with Gasteiger partial charge in [-0.1, -0.05) is 0 Å². The topological polar surface area (TPSA) is 85.1 Å². The molecule has 0 saturated carbocycles. The van der Waals surface area contributed by atoms with Crippen LogP contribution in [0.15, 0.2) is 12.1 Å². The Labute approximate surface area is 102 Å². The van der Waals surface area contributed by atoms with Gasteiger partial charge < -0.3 is 5.32 Å². The normalized spacial score (nSPS) is 14.1. The molecule has 1 heterocycles. The quantitative estimate of drug-likeness (QED) is 0.638. The summed E-state index contributed by atoms with van der Waals surface area (Å²) >= 11 is 0. The number of hydrogen-bond acceptors (Lipinski definition) is 5. The third kappa shape index (κ3) is 4.10. The lowest BCUT2D eigenvalue weighted by Gasteiger charge is -2.13. The van der Waals surface area contributed by atoms with Crippen LogP contribution in [0.25, 0.3) is 0 Å². The Morgan fingerprint density at radius 1 is 1.59 bits per heavy atom. The van der Waals surface area contributed by atoms with Crippen LogP contribution in [0.4, 0.5) is 11.5 Å². The Morgan fingerprint density at radius 2 is 2.24 bits per heavy atom. The Balaban J connectivity index is 2.92. The maximum Gasteiger partial charge on any atom is 0.311 e. The van der Waals surface area contributed by atoms with E-state index in [2.05, 4.69) is 10.3 Å². The second kappa shape index (κ2) is 5.72. The zero-order chi connectivity index (χ0) is 13.0. The molecule has 1 aromatic rings. The minimum atomic E-state index is -0.952. The van der Waals surface area contributed by atoms with Crippen LogP contribution in [0.2, 0.25) is 0 Å². The first kappa shape index (κ1) is 13.6. The monoisotopic (exact) mass is 257 g/mol. The lowest BCUT2D eigenvalue weighted by molar-refractivity contribution is -0.384. The van der Waals surface area contributed by atoms with E-state index in [4.69, 9.17) is 0 Å². The smallest absolute Gasteiger partial charge is 0.311 e. The highest BCUT2D eigenvalue weighted by molar-refractivity contribution is 7.84. The molecular weight excluding hydrogens is 242 g/mol. The van der Waals surface area contributed by atoms with Crippen molar-refractivity contribution in [3.8, 4) is 0 Å². The SMILES string of the molecule is Cc1ccc([N+](=O)[O-])c(NC(C)CS(C)=O)n1. The molecule has 94 valence electrons. The number of rotatable bonds is 5. The van der Waals surface area contributed by atoms with E-state index in [0.717, 1.165) is 0 Å². The van der Waals surface area contributed by atoms with Gasteiger partial charge in [0.1, 0.15) is 0 Å². The standard InChI is InChI=1S/C10H15N3O3S/c1-7-4-5-9(13(14)15)10(11-7)12-8(2)6-17(3)16/h4-5,8H,6H2,1-3H3,(H,11,12). The van der Waals surface area contributed by atoms with Crippen molar-refractivity contribution < 1.29 is 9.13 Å². The summed E-state index contributed by atoms with van der Waals surface area (Å²) in [5, 5.41) is 13.7. The minimum absolute atomic E-state index is 0.0654. The Bertz CT molecular complexity index is 450. The second-order valence-electron chi connectivity index (χ2n) is 3.86. The van der Waals surface area contributed by atoms with Crippen molar-refractivity contribution >= 4 is 22.3 Å². The fraction of sp³-hybridized carbons (Fsp3) is 0.500. The van der Waals surface area contributed by atoms with Crippen LogP contribution in [-0.4, -0.2) is 32.2 Å². The van der Waals surface area contributed by atoms with E-state index in [0.29, 0.717) is 11.4 Å². The fourth-order valence-corrected chi connectivity index (χ4v) is 2.22. The molecule has 2 unspecified atom stereocenters. The molecule has 17 heavy (non-hydrogen) atoms. The molecule has 0 aromatic carbocycles. The van der Waals surface area contributed by atoms with Crippen LogP contribution in [-0.2, 0) is 10.8 Å². The number of hydrogen-bond donors (Lipinski definition) is 1. The highest BCUT2D eigenvalue weighted by Crippen LogP contribution is 2.22. The van der Waals surface area contributed by atoms with Gasteiger partial charge in [-0.05, 0) is 19.9 Å². The van der Waals surface area contributed by atoms with Crippen LogP contribution in [0, 0.1) is 17.0 Å². The Hall–Kier alpha value is -1.50. The van der Waals surface area contributed by atoms with Gasteiger partial charge in [0, 0.05) is 40.6 Å². The molecule has 0 aliphatic carbocycles. The summed E-state index contributed by atoms with van der Waals surface area (Å²) in [5.41, 5.74) is 0.632. The van der Waals surface area contributed by atoms with Gasteiger partial charge in [0.05, 0.1) is 4.92 Å². The first-order valence-electron chi connectivity index (χ1n) is 5.08.